The molecule has 1 aromatic carbocycles. The second-order valence-corrected chi connectivity index (χ2v) is 2.75. The van der Waals surface area contributed by atoms with E-state index in [0.29, 0.717) is 6.61 Å². The molecule has 0 saturated carbocycles. The molecule has 76 valence electrons. The normalized spacial score (nSPS) is 9.50. The largest absolute Gasteiger partial charge is 0.448 e. The number of ether oxygens (including phenoxy) is 1. The number of hydrogen-bond acceptors (Lipinski definition) is 3. The highest BCUT2D eigenvalue weighted by Gasteiger charge is 1.98. The second kappa shape index (κ2) is 5.99. The van der Waals surface area contributed by atoms with Crippen molar-refractivity contribution in [3.63, 3.8) is 0 Å². The molecule has 0 spiro atoms. The molecule has 4 nitrogen and oxygen atoms in total. The molecule has 0 fully saturated rings. The van der Waals surface area contributed by atoms with E-state index >= 15 is 0 Å². The van der Waals surface area contributed by atoms with Crippen molar-refractivity contribution in [3.05, 3.63) is 35.9 Å². The van der Waals surface area contributed by atoms with Crippen LogP contribution in [-0.2, 0) is 11.2 Å². The molecule has 0 aromatic heterocycles. The van der Waals surface area contributed by atoms with E-state index in [1.54, 1.807) is 7.05 Å². The fraction of sp³-hybridized carbons (Fsp3) is 0.300. The van der Waals surface area contributed by atoms with Crippen LogP contribution in [0.3, 0.4) is 0 Å². The Morgan fingerprint density at radius 1 is 1.36 bits per heavy atom. The lowest BCUT2D eigenvalue weighted by molar-refractivity contribution is 0.144. The Hall–Kier alpha value is -1.55. The van der Waals surface area contributed by atoms with Crippen LogP contribution in [0.5, 0.6) is 0 Å². The number of carbonyl (C=O) groups excluding carboxylic acids is 1. The Balaban J connectivity index is 2.19. The first kappa shape index (κ1) is 10.5. The molecular formula is C10H14N2O2. The average molecular weight is 194 g/mol. The minimum absolute atomic E-state index is 0.386. The molecule has 0 radical (unpaired) electrons. The van der Waals surface area contributed by atoms with E-state index in [2.05, 4.69) is 10.9 Å². The van der Waals surface area contributed by atoms with Crippen LogP contribution >= 0.6 is 0 Å². The summed E-state index contributed by atoms with van der Waals surface area (Å²) in [6.07, 6.45) is 0.279. The molecule has 1 amide bonds. The van der Waals surface area contributed by atoms with E-state index in [-0.39, 0.29) is 0 Å². The number of amides is 1. The first-order valence-electron chi connectivity index (χ1n) is 4.46. The van der Waals surface area contributed by atoms with Gasteiger partial charge in [0.2, 0.25) is 0 Å². The Morgan fingerprint density at radius 2 is 2.07 bits per heavy atom. The molecule has 0 unspecified atom stereocenters. The smallest absolute Gasteiger partial charge is 0.421 e. The SMILES string of the molecule is CNNC(=O)OCCc1ccccc1. The highest BCUT2D eigenvalue weighted by Crippen LogP contribution is 1.99. The summed E-state index contributed by atoms with van der Waals surface area (Å²) < 4.78 is 4.87. The average Bonchev–Trinajstić information content (AvgIpc) is 2.20. The predicted molar refractivity (Wildman–Crippen MR) is 53.7 cm³/mol. The zero-order chi connectivity index (χ0) is 10.2. The molecule has 0 aliphatic rings. The molecule has 0 aliphatic heterocycles. The summed E-state index contributed by atoms with van der Waals surface area (Å²) in [5, 5.41) is 0. The van der Waals surface area contributed by atoms with Gasteiger partial charge in [0.25, 0.3) is 0 Å². The molecule has 0 heterocycles. The summed E-state index contributed by atoms with van der Waals surface area (Å²) >= 11 is 0. The zero-order valence-electron chi connectivity index (χ0n) is 8.12. The van der Waals surface area contributed by atoms with Gasteiger partial charge in [-0.3, -0.25) is 5.43 Å². The fourth-order valence-corrected chi connectivity index (χ4v) is 1.04. The van der Waals surface area contributed by atoms with Gasteiger partial charge in [-0.15, -0.1) is 0 Å². The monoisotopic (exact) mass is 194 g/mol. The van der Waals surface area contributed by atoms with Gasteiger partial charge in [0.15, 0.2) is 0 Å². The summed E-state index contributed by atoms with van der Waals surface area (Å²) in [6, 6.07) is 9.88. The van der Waals surface area contributed by atoms with Crippen LogP contribution < -0.4 is 10.9 Å². The standard InChI is InChI=1S/C10H14N2O2/c1-11-12-10(13)14-8-7-9-5-3-2-4-6-9/h2-6,11H,7-8H2,1H3,(H,12,13). The van der Waals surface area contributed by atoms with Crippen molar-refractivity contribution >= 4 is 6.09 Å². The van der Waals surface area contributed by atoms with Gasteiger partial charge in [0.05, 0.1) is 6.61 Å². The molecule has 1 rings (SSSR count). The van der Waals surface area contributed by atoms with Crippen molar-refractivity contribution in [3.8, 4) is 0 Å². The molecule has 4 heteroatoms. The van der Waals surface area contributed by atoms with Gasteiger partial charge in [0.1, 0.15) is 0 Å². The van der Waals surface area contributed by atoms with Crippen LogP contribution in [0.15, 0.2) is 30.3 Å². The van der Waals surface area contributed by atoms with Crippen LogP contribution in [0.25, 0.3) is 0 Å². The van der Waals surface area contributed by atoms with Crippen LogP contribution in [-0.4, -0.2) is 19.7 Å². The summed E-state index contributed by atoms with van der Waals surface area (Å²) in [5.74, 6) is 0. The third kappa shape index (κ3) is 3.91. The maximum absolute atomic E-state index is 10.8. The van der Waals surface area contributed by atoms with Gasteiger partial charge < -0.3 is 4.74 Å². The Kier molecular flexibility index (Phi) is 4.50. The van der Waals surface area contributed by atoms with Crippen molar-refractivity contribution in [2.75, 3.05) is 13.7 Å². The third-order valence-corrected chi connectivity index (χ3v) is 1.69. The summed E-state index contributed by atoms with van der Waals surface area (Å²) in [5.41, 5.74) is 5.97. The van der Waals surface area contributed by atoms with Crippen LogP contribution in [0.4, 0.5) is 4.79 Å². The number of benzene rings is 1. The maximum Gasteiger partial charge on any atom is 0.421 e. The van der Waals surface area contributed by atoms with Gasteiger partial charge in [-0.05, 0) is 5.56 Å². The van der Waals surface area contributed by atoms with Gasteiger partial charge in [-0.2, -0.15) is 0 Å². The number of nitrogens with one attached hydrogen (secondary N) is 2. The molecule has 0 saturated heterocycles. The molecular weight excluding hydrogens is 180 g/mol. The summed E-state index contributed by atoms with van der Waals surface area (Å²) in [4.78, 5) is 10.8. The van der Waals surface area contributed by atoms with Crippen molar-refractivity contribution in [2.24, 2.45) is 0 Å². The molecule has 0 aliphatic carbocycles. The first-order valence-corrected chi connectivity index (χ1v) is 4.46. The van der Waals surface area contributed by atoms with Crippen molar-refractivity contribution in [1.82, 2.24) is 10.9 Å². The van der Waals surface area contributed by atoms with Crippen LogP contribution in [0.1, 0.15) is 5.56 Å². The van der Waals surface area contributed by atoms with Gasteiger partial charge >= 0.3 is 6.09 Å². The van der Waals surface area contributed by atoms with Crippen molar-refractivity contribution < 1.29 is 9.53 Å². The predicted octanol–water partition coefficient (Wildman–Crippen LogP) is 1.09. The van der Waals surface area contributed by atoms with E-state index in [1.807, 2.05) is 30.3 Å². The molecule has 2 N–H and O–H groups in total. The molecule has 0 atom stereocenters. The molecule has 0 bridgehead atoms. The topological polar surface area (TPSA) is 50.4 Å². The van der Waals surface area contributed by atoms with E-state index in [4.69, 9.17) is 4.74 Å². The summed E-state index contributed by atoms with van der Waals surface area (Å²) in [6.45, 7) is 0.386. The van der Waals surface area contributed by atoms with Gasteiger partial charge in [-0.1, -0.05) is 30.3 Å². The van der Waals surface area contributed by atoms with Crippen molar-refractivity contribution in [2.45, 2.75) is 6.42 Å². The molecule has 14 heavy (non-hydrogen) atoms. The van der Waals surface area contributed by atoms with E-state index < -0.39 is 6.09 Å². The van der Waals surface area contributed by atoms with E-state index in [1.165, 1.54) is 0 Å². The number of carbonyl (C=O) groups is 1. The fourth-order valence-electron chi connectivity index (χ4n) is 1.04. The quantitative estimate of drug-likeness (QED) is 0.705. The number of rotatable bonds is 4. The van der Waals surface area contributed by atoms with E-state index in [0.717, 1.165) is 12.0 Å². The lowest BCUT2D eigenvalue weighted by atomic mass is 10.2. The Morgan fingerprint density at radius 3 is 2.71 bits per heavy atom. The van der Waals surface area contributed by atoms with Gasteiger partial charge in [-0.25, -0.2) is 10.2 Å². The molecule has 1 aromatic rings. The first-order chi connectivity index (χ1) is 6.83. The second-order valence-electron chi connectivity index (χ2n) is 2.75. The lowest BCUT2D eigenvalue weighted by Gasteiger charge is -2.05. The third-order valence-electron chi connectivity index (χ3n) is 1.69. The zero-order valence-corrected chi connectivity index (χ0v) is 8.12. The minimum Gasteiger partial charge on any atom is -0.448 e. The van der Waals surface area contributed by atoms with E-state index in [9.17, 15) is 4.79 Å². The highest BCUT2D eigenvalue weighted by atomic mass is 16.6. The Labute approximate surface area is 83.2 Å². The lowest BCUT2D eigenvalue weighted by Crippen LogP contribution is -2.34. The minimum atomic E-state index is -0.455. The van der Waals surface area contributed by atoms with Crippen molar-refractivity contribution in [1.29, 1.82) is 0 Å². The van der Waals surface area contributed by atoms with Crippen LogP contribution in [0.2, 0.25) is 0 Å². The summed E-state index contributed by atoms with van der Waals surface area (Å²) in [7, 11) is 1.61. The number of hydrazine groups is 1. The Bertz CT molecular complexity index is 275. The van der Waals surface area contributed by atoms with Crippen LogP contribution in [0, 0.1) is 0 Å². The van der Waals surface area contributed by atoms with Gasteiger partial charge in [0, 0.05) is 13.5 Å². The highest BCUT2D eigenvalue weighted by molar-refractivity contribution is 5.66. The number of hydrogen-bond donors (Lipinski definition) is 2. The maximum atomic E-state index is 10.8.